The molecule has 1 aliphatic carbocycles. The van der Waals surface area contributed by atoms with Gasteiger partial charge in [-0.1, -0.05) is 18.0 Å². The van der Waals surface area contributed by atoms with E-state index in [1.54, 1.807) is 0 Å². The third-order valence-electron chi connectivity index (χ3n) is 3.66. The molecule has 2 aliphatic rings. The van der Waals surface area contributed by atoms with Gasteiger partial charge in [-0.3, -0.25) is 0 Å². The second-order valence-electron chi connectivity index (χ2n) is 4.88. The molecule has 5 heteroatoms. The Morgan fingerprint density at radius 3 is 2.81 bits per heavy atom. The van der Waals surface area contributed by atoms with Crippen LogP contribution >= 0.6 is 0 Å². The van der Waals surface area contributed by atoms with Crippen LogP contribution in [0.25, 0.3) is 0 Å². The van der Waals surface area contributed by atoms with Gasteiger partial charge in [-0.05, 0) is 19.3 Å². The lowest BCUT2D eigenvalue weighted by molar-refractivity contribution is 0.192. The normalized spacial score (nSPS) is 28.7. The Hall–Kier alpha value is -0.940. The van der Waals surface area contributed by atoms with Crippen molar-refractivity contribution in [3.8, 4) is 0 Å². The lowest BCUT2D eigenvalue weighted by Gasteiger charge is -2.17. The van der Waals surface area contributed by atoms with Crippen LogP contribution in [-0.2, 0) is 10.3 Å². The van der Waals surface area contributed by atoms with Gasteiger partial charge in [0, 0.05) is 12.5 Å². The Balaban J connectivity index is 1.81. The Morgan fingerprint density at radius 1 is 1.31 bits per heavy atom. The first-order valence-corrected chi connectivity index (χ1v) is 5.99. The molecule has 5 nitrogen and oxygen atoms in total. The highest BCUT2D eigenvalue weighted by molar-refractivity contribution is 5.07. The van der Waals surface area contributed by atoms with Gasteiger partial charge in [0.25, 0.3) is 0 Å². The molecule has 2 N–H and O–H groups in total. The molecule has 16 heavy (non-hydrogen) atoms. The summed E-state index contributed by atoms with van der Waals surface area (Å²) in [6.07, 6.45) is 5.20. The summed E-state index contributed by atoms with van der Waals surface area (Å²) in [6.45, 7) is 1.50. The highest BCUT2D eigenvalue weighted by atomic mass is 16.5. The van der Waals surface area contributed by atoms with E-state index in [9.17, 15) is 0 Å². The van der Waals surface area contributed by atoms with Gasteiger partial charge in [0.1, 0.15) is 0 Å². The maximum atomic E-state index is 6.26. The fourth-order valence-corrected chi connectivity index (χ4v) is 2.56. The van der Waals surface area contributed by atoms with E-state index in [4.69, 9.17) is 15.0 Å². The maximum Gasteiger partial charge on any atom is 0.246 e. The van der Waals surface area contributed by atoms with Crippen LogP contribution in [0.2, 0.25) is 0 Å². The second kappa shape index (κ2) is 3.82. The molecule has 2 fully saturated rings. The molecule has 0 aromatic carbocycles. The van der Waals surface area contributed by atoms with E-state index in [2.05, 4.69) is 10.1 Å². The van der Waals surface area contributed by atoms with Gasteiger partial charge < -0.3 is 15.0 Å². The molecule has 0 amide bonds. The first kappa shape index (κ1) is 10.2. The van der Waals surface area contributed by atoms with Crippen molar-refractivity contribution in [1.29, 1.82) is 0 Å². The van der Waals surface area contributed by atoms with Crippen molar-refractivity contribution in [1.82, 2.24) is 10.1 Å². The summed E-state index contributed by atoms with van der Waals surface area (Å²) in [7, 11) is 0. The lowest BCUT2D eigenvalue weighted by Crippen LogP contribution is -2.33. The SMILES string of the molecule is NC1(c2nc(C3CCOC3)no2)CCCC1. The van der Waals surface area contributed by atoms with Gasteiger partial charge in [-0.25, -0.2) is 0 Å². The van der Waals surface area contributed by atoms with Crippen molar-refractivity contribution in [2.24, 2.45) is 5.73 Å². The molecule has 1 aromatic heterocycles. The minimum Gasteiger partial charge on any atom is -0.381 e. The molecule has 1 aromatic rings. The van der Waals surface area contributed by atoms with Crippen molar-refractivity contribution in [3.63, 3.8) is 0 Å². The van der Waals surface area contributed by atoms with Crippen molar-refractivity contribution in [2.45, 2.75) is 43.6 Å². The second-order valence-corrected chi connectivity index (χ2v) is 4.88. The number of hydrogen-bond donors (Lipinski definition) is 1. The standard InChI is InChI=1S/C11H17N3O2/c12-11(4-1-2-5-11)10-13-9(14-16-10)8-3-6-15-7-8/h8H,1-7,12H2. The summed E-state index contributed by atoms with van der Waals surface area (Å²) in [5.74, 6) is 1.68. The zero-order valence-corrected chi connectivity index (χ0v) is 9.32. The zero-order chi connectivity index (χ0) is 11.0. The molecule has 3 rings (SSSR count). The van der Waals surface area contributed by atoms with E-state index in [0.717, 1.165) is 44.5 Å². The molecule has 1 aliphatic heterocycles. The Morgan fingerprint density at radius 2 is 2.12 bits per heavy atom. The Bertz CT molecular complexity index is 365. The lowest BCUT2D eigenvalue weighted by atomic mass is 9.99. The van der Waals surface area contributed by atoms with Crippen molar-refractivity contribution >= 4 is 0 Å². The van der Waals surface area contributed by atoms with Crippen molar-refractivity contribution in [2.75, 3.05) is 13.2 Å². The van der Waals surface area contributed by atoms with Crippen LogP contribution in [0.3, 0.4) is 0 Å². The van der Waals surface area contributed by atoms with Crippen LogP contribution < -0.4 is 5.73 Å². The fraction of sp³-hybridized carbons (Fsp3) is 0.818. The molecular weight excluding hydrogens is 206 g/mol. The third-order valence-corrected chi connectivity index (χ3v) is 3.66. The van der Waals surface area contributed by atoms with Gasteiger partial charge in [0.15, 0.2) is 5.82 Å². The van der Waals surface area contributed by atoms with E-state index in [1.807, 2.05) is 0 Å². The van der Waals surface area contributed by atoms with Gasteiger partial charge >= 0.3 is 0 Å². The molecule has 88 valence electrons. The number of ether oxygens (including phenoxy) is 1. The van der Waals surface area contributed by atoms with Gasteiger partial charge in [-0.2, -0.15) is 4.98 Å². The van der Waals surface area contributed by atoms with Crippen LogP contribution in [0.4, 0.5) is 0 Å². The summed E-state index contributed by atoms with van der Waals surface area (Å²) in [4.78, 5) is 4.46. The number of rotatable bonds is 2. The Labute approximate surface area is 94.3 Å². The van der Waals surface area contributed by atoms with Crippen LogP contribution in [-0.4, -0.2) is 23.4 Å². The van der Waals surface area contributed by atoms with Crippen LogP contribution in [0.5, 0.6) is 0 Å². The zero-order valence-electron chi connectivity index (χ0n) is 9.32. The molecule has 0 spiro atoms. The first-order chi connectivity index (χ1) is 7.78. The smallest absolute Gasteiger partial charge is 0.246 e. The fourth-order valence-electron chi connectivity index (χ4n) is 2.56. The number of hydrogen-bond acceptors (Lipinski definition) is 5. The summed E-state index contributed by atoms with van der Waals surface area (Å²) in [5.41, 5.74) is 5.89. The van der Waals surface area contributed by atoms with Crippen LogP contribution in [0, 0.1) is 0 Å². The van der Waals surface area contributed by atoms with E-state index >= 15 is 0 Å². The minimum absolute atomic E-state index is 0.294. The summed E-state index contributed by atoms with van der Waals surface area (Å²) in [6, 6.07) is 0. The van der Waals surface area contributed by atoms with E-state index < -0.39 is 0 Å². The molecule has 1 atom stereocenters. The quantitative estimate of drug-likeness (QED) is 0.818. The summed E-state index contributed by atoms with van der Waals surface area (Å²) >= 11 is 0. The Kier molecular flexibility index (Phi) is 2.44. The highest BCUT2D eigenvalue weighted by Crippen LogP contribution is 2.36. The molecular formula is C11H17N3O2. The number of aromatic nitrogens is 2. The topological polar surface area (TPSA) is 74.2 Å². The molecule has 1 saturated heterocycles. The molecule has 1 unspecified atom stereocenters. The molecule has 0 radical (unpaired) electrons. The average molecular weight is 223 g/mol. The first-order valence-electron chi connectivity index (χ1n) is 5.99. The predicted octanol–water partition coefficient (Wildman–Crippen LogP) is 1.30. The summed E-state index contributed by atoms with van der Waals surface area (Å²) in [5, 5.41) is 4.04. The van der Waals surface area contributed by atoms with E-state index in [1.165, 1.54) is 0 Å². The minimum atomic E-state index is -0.370. The molecule has 0 bridgehead atoms. The number of nitrogens with zero attached hydrogens (tertiary/aromatic N) is 2. The van der Waals surface area contributed by atoms with Gasteiger partial charge in [-0.15, -0.1) is 0 Å². The van der Waals surface area contributed by atoms with Gasteiger partial charge in [0.2, 0.25) is 5.89 Å². The predicted molar refractivity (Wildman–Crippen MR) is 56.8 cm³/mol. The highest BCUT2D eigenvalue weighted by Gasteiger charge is 2.37. The monoisotopic (exact) mass is 223 g/mol. The third kappa shape index (κ3) is 1.64. The van der Waals surface area contributed by atoms with E-state index in [-0.39, 0.29) is 5.54 Å². The summed E-state index contributed by atoms with van der Waals surface area (Å²) < 4.78 is 10.6. The largest absolute Gasteiger partial charge is 0.381 e. The average Bonchev–Trinajstić information content (AvgIpc) is 2.98. The van der Waals surface area contributed by atoms with Crippen LogP contribution in [0.1, 0.15) is 49.7 Å². The van der Waals surface area contributed by atoms with Crippen molar-refractivity contribution in [3.05, 3.63) is 11.7 Å². The van der Waals surface area contributed by atoms with Crippen molar-refractivity contribution < 1.29 is 9.26 Å². The molecule has 2 heterocycles. The van der Waals surface area contributed by atoms with Gasteiger partial charge in [0.05, 0.1) is 12.1 Å². The van der Waals surface area contributed by atoms with Crippen LogP contribution in [0.15, 0.2) is 4.52 Å². The molecule has 1 saturated carbocycles. The van der Waals surface area contributed by atoms with E-state index in [0.29, 0.717) is 18.4 Å². The number of nitrogens with two attached hydrogens (primary N) is 1. The maximum absolute atomic E-state index is 6.26.